The van der Waals surface area contributed by atoms with E-state index in [0.717, 1.165) is 12.1 Å². The summed E-state index contributed by atoms with van der Waals surface area (Å²) in [5.74, 6) is -1.61. The molecular formula is C24H22F2N4O3. The highest BCUT2D eigenvalue weighted by Gasteiger charge is 2.42. The molecule has 0 aliphatic heterocycles. The van der Waals surface area contributed by atoms with E-state index in [2.05, 4.69) is 15.3 Å². The predicted octanol–water partition coefficient (Wildman–Crippen LogP) is 2.64. The second-order valence-corrected chi connectivity index (χ2v) is 7.81. The number of rotatable bonds is 6. The van der Waals surface area contributed by atoms with Gasteiger partial charge in [0.2, 0.25) is 0 Å². The smallest absolute Gasteiger partial charge is 0.251 e. The molecule has 2 aromatic heterocycles. The van der Waals surface area contributed by atoms with Gasteiger partial charge in [-0.1, -0.05) is 12.1 Å². The Kier molecular flexibility index (Phi) is 5.92. The van der Waals surface area contributed by atoms with Gasteiger partial charge in [0.25, 0.3) is 5.91 Å². The number of aromatic nitrogens is 3. The number of halogens is 2. The van der Waals surface area contributed by atoms with Crippen LogP contribution in [0.3, 0.4) is 0 Å². The molecule has 170 valence electrons. The summed E-state index contributed by atoms with van der Waals surface area (Å²) in [6, 6.07) is 12.3. The molecule has 3 N–H and O–H groups in total. The van der Waals surface area contributed by atoms with E-state index in [1.54, 1.807) is 32.2 Å². The number of carbonyl (C=O) groups excluding carboxylic acids is 1. The van der Waals surface area contributed by atoms with E-state index >= 15 is 0 Å². The lowest BCUT2D eigenvalue weighted by molar-refractivity contribution is 0.0924. The average molecular weight is 452 g/mol. The summed E-state index contributed by atoms with van der Waals surface area (Å²) in [4.78, 5) is 21.0. The Hall–Kier alpha value is -3.69. The Morgan fingerprint density at radius 3 is 2.58 bits per heavy atom. The number of fused-ring (bicyclic) bond motifs is 1. The maximum absolute atomic E-state index is 14.8. The van der Waals surface area contributed by atoms with Gasteiger partial charge in [0.1, 0.15) is 17.3 Å². The van der Waals surface area contributed by atoms with Crippen molar-refractivity contribution in [2.75, 3.05) is 6.54 Å². The van der Waals surface area contributed by atoms with Crippen molar-refractivity contribution in [1.29, 1.82) is 0 Å². The number of hydrogen-bond donors (Lipinski definition) is 3. The minimum absolute atomic E-state index is 0.0447. The summed E-state index contributed by atoms with van der Waals surface area (Å²) in [7, 11) is 1.62. The number of benzene rings is 2. The van der Waals surface area contributed by atoms with Gasteiger partial charge in [-0.3, -0.25) is 9.78 Å². The number of nitrogens with zero attached hydrogens (tertiary/aromatic N) is 3. The fraction of sp³-hybridized carbons (Fsp3) is 0.208. The lowest BCUT2D eigenvalue weighted by Crippen LogP contribution is -2.34. The molecule has 9 heteroatoms. The zero-order chi connectivity index (χ0) is 23.8. The van der Waals surface area contributed by atoms with Gasteiger partial charge in [0.15, 0.2) is 11.4 Å². The number of aliphatic hydroxyl groups is 2. The van der Waals surface area contributed by atoms with Crippen LogP contribution >= 0.6 is 0 Å². The van der Waals surface area contributed by atoms with E-state index in [4.69, 9.17) is 0 Å². The first-order valence-corrected chi connectivity index (χ1v) is 10.2. The van der Waals surface area contributed by atoms with Crippen molar-refractivity contribution >= 4 is 16.9 Å². The average Bonchev–Trinajstić information content (AvgIpc) is 3.14. The maximum atomic E-state index is 14.8. The van der Waals surface area contributed by atoms with E-state index in [9.17, 15) is 23.8 Å². The minimum Gasteiger partial charge on any atom is -0.392 e. The molecule has 7 nitrogen and oxygen atoms in total. The molecule has 0 spiro atoms. The molecule has 0 aliphatic carbocycles. The molecule has 0 aliphatic rings. The van der Waals surface area contributed by atoms with Crippen LogP contribution in [0.15, 0.2) is 60.8 Å². The van der Waals surface area contributed by atoms with Gasteiger partial charge in [-0.2, -0.15) is 0 Å². The van der Waals surface area contributed by atoms with Crippen molar-refractivity contribution in [3.63, 3.8) is 0 Å². The fourth-order valence-electron chi connectivity index (χ4n) is 3.71. The van der Waals surface area contributed by atoms with Crippen molar-refractivity contribution in [2.24, 2.45) is 7.05 Å². The van der Waals surface area contributed by atoms with Gasteiger partial charge in [0.05, 0.1) is 17.1 Å². The van der Waals surface area contributed by atoms with Gasteiger partial charge in [-0.15, -0.1) is 0 Å². The number of amides is 1. The number of nitrogens with one attached hydrogen (secondary N) is 1. The monoisotopic (exact) mass is 452 g/mol. The van der Waals surface area contributed by atoms with Gasteiger partial charge in [-0.25, -0.2) is 13.8 Å². The van der Waals surface area contributed by atoms with Crippen LogP contribution in [-0.4, -0.2) is 43.3 Å². The topological polar surface area (TPSA) is 100 Å². The highest BCUT2D eigenvalue weighted by molar-refractivity contribution is 5.97. The summed E-state index contributed by atoms with van der Waals surface area (Å²) in [6.45, 7) is 1.65. The van der Waals surface area contributed by atoms with Crippen molar-refractivity contribution < 1.29 is 23.8 Å². The molecule has 2 aromatic carbocycles. The first-order chi connectivity index (χ1) is 15.7. The summed E-state index contributed by atoms with van der Waals surface area (Å²) >= 11 is 0. The zero-order valence-corrected chi connectivity index (χ0v) is 18.0. The molecule has 1 amide bonds. The van der Waals surface area contributed by atoms with Crippen molar-refractivity contribution in [1.82, 2.24) is 19.9 Å². The quantitative estimate of drug-likeness (QED) is 0.418. The van der Waals surface area contributed by atoms with E-state index < -0.39 is 23.3 Å². The van der Waals surface area contributed by atoms with Gasteiger partial charge < -0.3 is 20.1 Å². The number of imidazole rings is 1. The zero-order valence-electron chi connectivity index (χ0n) is 18.0. The molecule has 0 fully saturated rings. The van der Waals surface area contributed by atoms with Crippen LogP contribution in [0.25, 0.3) is 11.0 Å². The molecule has 0 saturated heterocycles. The Bertz CT molecular complexity index is 1320. The molecule has 0 radical (unpaired) electrons. The Morgan fingerprint density at radius 2 is 1.91 bits per heavy atom. The largest absolute Gasteiger partial charge is 0.392 e. The fourth-order valence-corrected chi connectivity index (χ4v) is 3.71. The van der Waals surface area contributed by atoms with Gasteiger partial charge >= 0.3 is 0 Å². The first kappa shape index (κ1) is 22.5. The lowest BCUT2D eigenvalue weighted by atomic mass is 9.88. The molecule has 2 heterocycles. The van der Waals surface area contributed by atoms with E-state index in [-0.39, 0.29) is 29.5 Å². The molecule has 33 heavy (non-hydrogen) atoms. The van der Waals surface area contributed by atoms with Crippen LogP contribution in [0, 0.1) is 11.6 Å². The van der Waals surface area contributed by atoms with Crippen LogP contribution in [0.5, 0.6) is 0 Å². The van der Waals surface area contributed by atoms with Crippen molar-refractivity contribution in [2.45, 2.75) is 18.6 Å². The third-order valence-corrected chi connectivity index (χ3v) is 5.39. The molecule has 4 aromatic rings. The number of aryl methyl sites for hydroxylation is 1. The maximum Gasteiger partial charge on any atom is 0.251 e. The van der Waals surface area contributed by atoms with Crippen molar-refractivity contribution in [3.05, 3.63) is 95.1 Å². The highest BCUT2D eigenvalue weighted by atomic mass is 19.1. The van der Waals surface area contributed by atoms with Crippen molar-refractivity contribution in [3.8, 4) is 0 Å². The SMILES string of the molecule is C[C@@H](O)CNC(=O)c1ccc2nc(C(O)(c3ccc(F)cc3)c3ncccc3F)n(C)c2c1. The predicted molar refractivity (Wildman–Crippen MR) is 117 cm³/mol. The minimum atomic E-state index is -2.14. The Balaban J connectivity index is 1.89. The standard InChI is InChI=1S/C24H22F2N4O3/c1-14(31)13-28-22(32)15-5-10-19-20(12-15)30(2)23(29-19)24(33,16-6-8-17(25)9-7-16)21-18(26)4-3-11-27-21/h3-12,14,31,33H,13H2,1-2H3,(H,28,32)/t14-,24?/m1/s1. The molecule has 4 rings (SSSR count). The van der Waals surface area contributed by atoms with Crippen LogP contribution in [0.4, 0.5) is 8.78 Å². The highest BCUT2D eigenvalue weighted by Crippen LogP contribution is 2.37. The molecular weight excluding hydrogens is 430 g/mol. The number of carbonyl (C=O) groups is 1. The third-order valence-electron chi connectivity index (χ3n) is 5.39. The summed E-state index contributed by atoms with van der Waals surface area (Å²) in [5.41, 5.74) is -0.962. The van der Waals surface area contributed by atoms with E-state index in [1.165, 1.54) is 35.0 Å². The van der Waals surface area contributed by atoms with Crippen LogP contribution < -0.4 is 5.32 Å². The van der Waals surface area contributed by atoms with E-state index in [0.29, 0.717) is 16.6 Å². The van der Waals surface area contributed by atoms with Gasteiger partial charge in [-0.05, 0) is 55.0 Å². The molecule has 0 bridgehead atoms. The van der Waals surface area contributed by atoms with Crippen LogP contribution in [0.1, 0.15) is 34.4 Å². The second-order valence-electron chi connectivity index (χ2n) is 7.81. The summed E-state index contributed by atoms with van der Waals surface area (Å²) in [6.07, 6.45) is 0.653. The number of pyridine rings is 1. The third kappa shape index (κ3) is 4.08. The summed E-state index contributed by atoms with van der Waals surface area (Å²) in [5, 5.41) is 23.9. The van der Waals surface area contributed by atoms with Crippen LogP contribution in [-0.2, 0) is 12.6 Å². The number of hydrogen-bond acceptors (Lipinski definition) is 5. The molecule has 0 saturated carbocycles. The van der Waals surface area contributed by atoms with Gasteiger partial charge in [0, 0.05) is 25.4 Å². The second kappa shape index (κ2) is 8.68. The van der Waals surface area contributed by atoms with E-state index in [1.807, 2.05) is 0 Å². The Morgan fingerprint density at radius 1 is 1.18 bits per heavy atom. The normalized spacial score (nSPS) is 14.1. The van der Waals surface area contributed by atoms with Crippen LogP contribution in [0.2, 0.25) is 0 Å². The summed E-state index contributed by atoms with van der Waals surface area (Å²) < 4.78 is 30.0. The number of aliphatic hydroxyl groups excluding tert-OH is 1. The molecule has 1 unspecified atom stereocenters. The molecule has 2 atom stereocenters. The Labute approximate surface area is 188 Å². The first-order valence-electron chi connectivity index (χ1n) is 10.2. The lowest BCUT2D eigenvalue weighted by Gasteiger charge is -2.28.